The molecule has 2 aliphatic heterocycles. The minimum atomic E-state index is -0.566. The fourth-order valence-corrected chi connectivity index (χ4v) is 5.34. The summed E-state index contributed by atoms with van der Waals surface area (Å²) < 4.78 is 11.8. The third-order valence-electron chi connectivity index (χ3n) is 6.61. The second kappa shape index (κ2) is 6.36. The van der Waals surface area contributed by atoms with Crippen LogP contribution in [0, 0.1) is 5.92 Å². The van der Waals surface area contributed by atoms with Crippen LogP contribution < -0.4 is 9.47 Å². The average molecular weight is 377 g/mol. The first kappa shape index (κ1) is 17.3. The zero-order valence-corrected chi connectivity index (χ0v) is 15.9. The smallest absolute Gasteiger partial charge is 0.233 e. The van der Waals surface area contributed by atoms with Crippen LogP contribution in [0.1, 0.15) is 36.8 Å². The van der Waals surface area contributed by atoms with Crippen LogP contribution in [-0.2, 0) is 21.5 Å². The Labute approximate surface area is 164 Å². The number of rotatable bonds is 3. The van der Waals surface area contributed by atoms with Gasteiger partial charge in [0.15, 0.2) is 11.5 Å². The zero-order valence-electron chi connectivity index (χ0n) is 15.9. The first-order valence-corrected chi connectivity index (χ1v) is 9.87. The summed E-state index contributed by atoms with van der Waals surface area (Å²) in [5, 5.41) is 0. The lowest BCUT2D eigenvalue weighted by Crippen LogP contribution is -2.61. The molecule has 144 valence electrons. The first-order chi connectivity index (χ1) is 13.6. The summed E-state index contributed by atoms with van der Waals surface area (Å²) in [6.45, 7) is 0.335. The Morgan fingerprint density at radius 2 is 1.93 bits per heavy atom. The summed E-state index contributed by atoms with van der Waals surface area (Å²) in [5.74, 6) is 0.965. The number of likely N-dealkylation sites (tertiary alicyclic amines) is 1. The fourth-order valence-electron chi connectivity index (χ4n) is 5.34. The van der Waals surface area contributed by atoms with E-state index in [2.05, 4.69) is 0 Å². The number of piperidine rings is 1. The van der Waals surface area contributed by atoms with E-state index in [9.17, 15) is 9.59 Å². The summed E-state index contributed by atoms with van der Waals surface area (Å²) in [5.41, 5.74) is 1.36. The van der Waals surface area contributed by atoms with Crippen LogP contribution in [-0.4, -0.2) is 29.9 Å². The molecule has 2 heterocycles. The molecule has 0 bridgehead atoms. The molecule has 2 fully saturated rings. The van der Waals surface area contributed by atoms with Crippen LogP contribution in [0.15, 0.2) is 48.5 Å². The second-order valence-electron chi connectivity index (χ2n) is 7.95. The number of carbonyl (C=O) groups excluding carboxylic acids is 2. The van der Waals surface area contributed by atoms with Crippen molar-refractivity contribution in [3.63, 3.8) is 0 Å². The number of hydrogen-bond donors (Lipinski definition) is 0. The topological polar surface area (TPSA) is 55.8 Å². The number of imide groups is 1. The van der Waals surface area contributed by atoms with Gasteiger partial charge in [0.25, 0.3) is 0 Å². The summed E-state index contributed by atoms with van der Waals surface area (Å²) in [6.07, 6.45) is 2.72. The number of nitrogens with zero attached hydrogens (tertiary/aromatic N) is 1. The number of ether oxygens (including phenoxy) is 2. The van der Waals surface area contributed by atoms with E-state index in [1.165, 1.54) is 4.90 Å². The van der Waals surface area contributed by atoms with E-state index in [0.717, 1.165) is 30.4 Å². The van der Waals surface area contributed by atoms with Crippen LogP contribution in [0.5, 0.6) is 11.5 Å². The minimum absolute atomic E-state index is 0.0657. The van der Waals surface area contributed by atoms with Gasteiger partial charge in [0.1, 0.15) is 6.10 Å². The van der Waals surface area contributed by atoms with E-state index in [4.69, 9.17) is 9.47 Å². The van der Waals surface area contributed by atoms with Crippen molar-refractivity contribution in [3.05, 3.63) is 59.7 Å². The summed E-state index contributed by atoms with van der Waals surface area (Å²) >= 11 is 0. The molecule has 5 heteroatoms. The molecule has 3 unspecified atom stereocenters. The lowest BCUT2D eigenvalue weighted by atomic mass is 9.58. The van der Waals surface area contributed by atoms with Gasteiger partial charge in [-0.25, -0.2) is 0 Å². The van der Waals surface area contributed by atoms with Crippen molar-refractivity contribution >= 4 is 11.8 Å². The fraction of sp³-hybridized carbons (Fsp3) is 0.391. The molecule has 3 aliphatic rings. The molecule has 0 N–H and O–H groups in total. The third-order valence-corrected chi connectivity index (χ3v) is 6.61. The van der Waals surface area contributed by atoms with E-state index in [1.807, 2.05) is 48.5 Å². The normalized spacial score (nSPS) is 28.2. The van der Waals surface area contributed by atoms with Crippen LogP contribution in [0.25, 0.3) is 0 Å². The minimum Gasteiger partial charge on any atom is -0.493 e. The monoisotopic (exact) mass is 377 g/mol. The maximum Gasteiger partial charge on any atom is 0.233 e. The lowest BCUT2D eigenvalue weighted by Gasteiger charge is -2.48. The Hall–Kier alpha value is -2.82. The second-order valence-corrected chi connectivity index (χ2v) is 7.95. The van der Waals surface area contributed by atoms with Crippen LogP contribution >= 0.6 is 0 Å². The molecule has 1 saturated carbocycles. The molecule has 2 aromatic carbocycles. The molecule has 1 saturated heterocycles. The summed E-state index contributed by atoms with van der Waals surface area (Å²) in [4.78, 5) is 28.1. The number of amides is 2. The highest BCUT2D eigenvalue weighted by Crippen LogP contribution is 2.59. The molecule has 5 rings (SSSR count). The molecule has 1 spiro atoms. The van der Waals surface area contributed by atoms with Crippen molar-refractivity contribution in [2.75, 3.05) is 7.11 Å². The average Bonchev–Trinajstić information content (AvgIpc) is 3.05. The molecule has 0 radical (unpaired) electrons. The maximum absolute atomic E-state index is 13.5. The van der Waals surface area contributed by atoms with Gasteiger partial charge < -0.3 is 9.47 Å². The molecule has 0 aromatic heterocycles. The zero-order chi connectivity index (χ0) is 19.3. The van der Waals surface area contributed by atoms with Gasteiger partial charge in [-0.15, -0.1) is 0 Å². The van der Waals surface area contributed by atoms with E-state index < -0.39 is 5.41 Å². The standard InChI is InChI=1S/C23H23NO4/c1-27-18-11-5-9-16-21(18)28-19-12-6-10-17-22(26)24(20(25)13-23(16,17)19)14-15-7-3-2-4-8-15/h2-5,7-9,11,17,19H,6,10,12-14H2,1H3. The molecule has 3 atom stereocenters. The van der Waals surface area contributed by atoms with Gasteiger partial charge in [-0.3, -0.25) is 14.5 Å². The molecule has 5 nitrogen and oxygen atoms in total. The van der Waals surface area contributed by atoms with Gasteiger partial charge in [-0.05, 0) is 30.9 Å². The number of carbonyl (C=O) groups is 2. The Bertz CT molecular complexity index is 941. The Morgan fingerprint density at radius 1 is 1.11 bits per heavy atom. The number of hydrogen-bond acceptors (Lipinski definition) is 4. The third kappa shape index (κ3) is 2.32. The van der Waals surface area contributed by atoms with Gasteiger partial charge in [0.05, 0.1) is 25.0 Å². The van der Waals surface area contributed by atoms with Crippen LogP contribution in [0.3, 0.4) is 0 Å². The van der Waals surface area contributed by atoms with Crippen LogP contribution in [0.4, 0.5) is 0 Å². The molecule has 2 aromatic rings. The summed E-state index contributed by atoms with van der Waals surface area (Å²) in [7, 11) is 1.62. The van der Waals surface area contributed by atoms with E-state index in [0.29, 0.717) is 24.5 Å². The number of benzene rings is 2. The number of para-hydroxylation sites is 1. The maximum atomic E-state index is 13.5. The van der Waals surface area contributed by atoms with E-state index in [1.54, 1.807) is 7.11 Å². The number of methoxy groups -OCH3 is 1. The van der Waals surface area contributed by atoms with Crippen molar-refractivity contribution in [3.8, 4) is 11.5 Å². The predicted octanol–water partition coefficient (Wildman–Crippen LogP) is 3.45. The predicted molar refractivity (Wildman–Crippen MR) is 103 cm³/mol. The first-order valence-electron chi connectivity index (χ1n) is 9.87. The van der Waals surface area contributed by atoms with Gasteiger partial charge in [0.2, 0.25) is 11.8 Å². The quantitative estimate of drug-likeness (QED) is 0.769. The van der Waals surface area contributed by atoms with E-state index in [-0.39, 0.29) is 23.8 Å². The highest BCUT2D eigenvalue weighted by molar-refractivity contribution is 6.01. The molecule has 28 heavy (non-hydrogen) atoms. The molecule has 2 amide bonds. The van der Waals surface area contributed by atoms with Crippen molar-refractivity contribution in [2.24, 2.45) is 5.92 Å². The van der Waals surface area contributed by atoms with Crippen molar-refractivity contribution < 1.29 is 19.1 Å². The van der Waals surface area contributed by atoms with Gasteiger partial charge in [0, 0.05) is 12.0 Å². The summed E-state index contributed by atoms with van der Waals surface area (Å²) in [6, 6.07) is 15.5. The van der Waals surface area contributed by atoms with Crippen molar-refractivity contribution in [1.29, 1.82) is 0 Å². The van der Waals surface area contributed by atoms with Gasteiger partial charge in [-0.2, -0.15) is 0 Å². The Balaban J connectivity index is 1.56. The molecular weight excluding hydrogens is 354 g/mol. The lowest BCUT2D eigenvalue weighted by molar-refractivity contribution is -0.161. The molecular formula is C23H23NO4. The highest BCUT2D eigenvalue weighted by Gasteiger charge is 2.62. The Kier molecular flexibility index (Phi) is 3.93. The van der Waals surface area contributed by atoms with Crippen molar-refractivity contribution in [2.45, 2.75) is 43.7 Å². The number of fused-ring (bicyclic) bond motifs is 1. The molecule has 1 aliphatic carbocycles. The Morgan fingerprint density at radius 3 is 2.71 bits per heavy atom. The SMILES string of the molecule is COc1cccc2c1OC1CCCC3C(=O)N(Cc4ccccc4)C(=O)CC213. The van der Waals surface area contributed by atoms with Crippen molar-refractivity contribution in [1.82, 2.24) is 4.90 Å². The van der Waals surface area contributed by atoms with Gasteiger partial charge >= 0.3 is 0 Å². The van der Waals surface area contributed by atoms with Crippen LogP contribution in [0.2, 0.25) is 0 Å². The van der Waals surface area contributed by atoms with Gasteiger partial charge in [-0.1, -0.05) is 42.5 Å². The highest BCUT2D eigenvalue weighted by atomic mass is 16.5. The largest absolute Gasteiger partial charge is 0.493 e. The van der Waals surface area contributed by atoms with E-state index >= 15 is 0 Å².